The lowest BCUT2D eigenvalue weighted by molar-refractivity contribution is -0.254. The van der Waals surface area contributed by atoms with Crippen LogP contribution in [0.5, 0.6) is 0 Å². The Labute approximate surface area is 134 Å². The summed E-state index contributed by atoms with van der Waals surface area (Å²) < 4.78 is 45.8. The molecule has 0 radical (unpaired) electrons. The van der Waals surface area contributed by atoms with E-state index in [2.05, 4.69) is 10.1 Å². The summed E-state index contributed by atoms with van der Waals surface area (Å²) in [7, 11) is 1.46. The third-order valence-electron chi connectivity index (χ3n) is 3.55. The molecular formula is C14H14F3N3O2S. The molecule has 23 heavy (non-hydrogen) atoms. The van der Waals surface area contributed by atoms with Gasteiger partial charge in [-0.2, -0.15) is 23.3 Å². The average Bonchev–Trinajstić information content (AvgIpc) is 3.05. The van der Waals surface area contributed by atoms with Gasteiger partial charge in [0.1, 0.15) is 0 Å². The molecule has 1 N–H and O–H groups in total. The van der Waals surface area contributed by atoms with Crippen LogP contribution in [0.3, 0.4) is 0 Å². The van der Waals surface area contributed by atoms with Crippen molar-refractivity contribution in [2.45, 2.75) is 24.7 Å². The molecule has 0 spiro atoms. The Kier molecular flexibility index (Phi) is 4.03. The molecule has 124 valence electrons. The van der Waals surface area contributed by atoms with Crippen molar-refractivity contribution in [1.82, 2.24) is 4.98 Å². The van der Waals surface area contributed by atoms with Crippen LogP contribution in [0.15, 0.2) is 29.4 Å². The number of benzene rings is 1. The van der Waals surface area contributed by atoms with E-state index in [-0.39, 0.29) is 23.9 Å². The predicted molar refractivity (Wildman–Crippen MR) is 81.6 cm³/mol. The van der Waals surface area contributed by atoms with Crippen molar-refractivity contribution in [2.24, 2.45) is 5.10 Å². The van der Waals surface area contributed by atoms with Crippen molar-refractivity contribution in [3.05, 3.63) is 24.3 Å². The second-order valence-corrected chi connectivity index (χ2v) is 6.19. The summed E-state index contributed by atoms with van der Waals surface area (Å²) in [5, 5.41) is 14.8. The van der Waals surface area contributed by atoms with Gasteiger partial charge in [0, 0.05) is 25.7 Å². The molecule has 0 amide bonds. The van der Waals surface area contributed by atoms with Crippen LogP contribution in [-0.2, 0) is 4.74 Å². The van der Waals surface area contributed by atoms with E-state index >= 15 is 0 Å². The quantitative estimate of drug-likeness (QED) is 0.925. The highest BCUT2D eigenvalue weighted by Crippen LogP contribution is 2.44. The zero-order chi connectivity index (χ0) is 16.7. The van der Waals surface area contributed by atoms with Crippen LogP contribution in [0.25, 0.3) is 10.2 Å². The van der Waals surface area contributed by atoms with Gasteiger partial charge in [0.15, 0.2) is 0 Å². The van der Waals surface area contributed by atoms with Crippen LogP contribution >= 0.6 is 11.3 Å². The van der Waals surface area contributed by atoms with E-state index in [0.717, 1.165) is 16.0 Å². The summed E-state index contributed by atoms with van der Waals surface area (Å²) in [5.74, 6) is 0. The third kappa shape index (κ3) is 2.79. The number of hydrazone groups is 1. The molecule has 0 unspecified atom stereocenters. The third-order valence-corrected chi connectivity index (χ3v) is 4.57. The van der Waals surface area contributed by atoms with E-state index in [4.69, 9.17) is 4.74 Å². The number of methoxy groups -OCH3 is 1. The first kappa shape index (κ1) is 16.2. The lowest BCUT2D eigenvalue weighted by Gasteiger charge is -2.32. The van der Waals surface area contributed by atoms with Crippen molar-refractivity contribution in [2.75, 3.05) is 18.7 Å². The molecule has 1 aliphatic heterocycles. The second-order valence-electron chi connectivity index (χ2n) is 5.18. The van der Waals surface area contributed by atoms with Crippen molar-refractivity contribution in [1.29, 1.82) is 0 Å². The van der Waals surface area contributed by atoms with Crippen LogP contribution in [0.2, 0.25) is 0 Å². The Balaban J connectivity index is 2.02. The number of para-hydroxylation sites is 1. The minimum atomic E-state index is -4.86. The number of aromatic nitrogens is 1. The molecule has 2 aromatic rings. The van der Waals surface area contributed by atoms with E-state index in [9.17, 15) is 18.3 Å². The Hall–Kier alpha value is -1.71. The van der Waals surface area contributed by atoms with Gasteiger partial charge < -0.3 is 9.84 Å². The van der Waals surface area contributed by atoms with Gasteiger partial charge in [0.05, 0.1) is 16.8 Å². The number of halogens is 3. The molecule has 2 heterocycles. The molecule has 3 rings (SSSR count). The minimum absolute atomic E-state index is 0.0124. The number of fused-ring (bicyclic) bond motifs is 1. The monoisotopic (exact) mass is 345 g/mol. The number of hydrogen-bond donors (Lipinski definition) is 1. The summed E-state index contributed by atoms with van der Waals surface area (Å²) in [6, 6.07) is 6.99. The normalized spacial score (nSPS) is 22.0. The van der Waals surface area contributed by atoms with Gasteiger partial charge in [0.25, 0.3) is 5.72 Å². The zero-order valence-corrected chi connectivity index (χ0v) is 13.0. The number of rotatable bonds is 4. The van der Waals surface area contributed by atoms with E-state index in [1.807, 2.05) is 0 Å². The maximum Gasteiger partial charge on any atom is 0.438 e. The number of alkyl halides is 3. The van der Waals surface area contributed by atoms with Gasteiger partial charge >= 0.3 is 6.18 Å². The number of hydrogen-bond acceptors (Lipinski definition) is 6. The van der Waals surface area contributed by atoms with E-state index in [1.54, 1.807) is 24.3 Å². The number of anilines is 1. The summed E-state index contributed by atoms with van der Waals surface area (Å²) >= 11 is 1.06. The predicted octanol–water partition coefficient (Wildman–Crippen LogP) is 3.15. The van der Waals surface area contributed by atoms with Gasteiger partial charge in [-0.3, -0.25) is 0 Å². The lowest BCUT2D eigenvalue weighted by atomic mass is 10.1. The molecule has 1 aliphatic rings. The first-order chi connectivity index (χ1) is 10.8. The first-order valence-corrected chi connectivity index (χ1v) is 7.67. The fourth-order valence-corrected chi connectivity index (χ4v) is 3.33. The van der Waals surface area contributed by atoms with Crippen molar-refractivity contribution < 1.29 is 23.0 Å². The molecule has 9 heteroatoms. The maximum atomic E-state index is 13.4. The highest BCUT2D eigenvalue weighted by atomic mass is 32.1. The van der Waals surface area contributed by atoms with Gasteiger partial charge in [-0.25, -0.2) is 4.98 Å². The highest BCUT2D eigenvalue weighted by molar-refractivity contribution is 7.22. The van der Waals surface area contributed by atoms with Crippen LogP contribution in [0, 0.1) is 0 Å². The molecule has 1 aromatic carbocycles. The molecule has 1 atom stereocenters. The molecule has 0 saturated heterocycles. The van der Waals surface area contributed by atoms with E-state index in [1.165, 1.54) is 7.11 Å². The van der Waals surface area contributed by atoms with Crippen LogP contribution in [0.1, 0.15) is 12.8 Å². The number of ether oxygens (including phenoxy) is 1. The molecule has 0 fully saturated rings. The van der Waals surface area contributed by atoms with Gasteiger partial charge in [0.2, 0.25) is 5.13 Å². The summed E-state index contributed by atoms with van der Waals surface area (Å²) in [5.41, 5.74) is -2.28. The first-order valence-electron chi connectivity index (χ1n) is 6.85. The standard InChI is InChI=1S/C14H14F3N3O2S/c1-22-7-6-9-8-13(21,14(15,16)17)20(19-9)12-18-10-4-2-3-5-11(10)23-12/h2-5,21H,6-8H2,1H3/t13-/m0/s1. The van der Waals surface area contributed by atoms with Crippen LogP contribution in [0.4, 0.5) is 18.3 Å². The topological polar surface area (TPSA) is 58.0 Å². The number of aliphatic hydroxyl groups is 1. The van der Waals surface area contributed by atoms with E-state index < -0.39 is 18.3 Å². The lowest BCUT2D eigenvalue weighted by Crippen LogP contribution is -2.55. The number of nitrogens with zero attached hydrogens (tertiary/aromatic N) is 3. The van der Waals surface area contributed by atoms with Gasteiger partial charge in [-0.05, 0) is 12.1 Å². The minimum Gasteiger partial charge on any atom is -0.384 e. The molecule has 5 nitrogen and oxygen atoms in total. The Bertz CT molecular complexity index is 713. The van der Waals surface area contributed by atoms with Crippen molar-refractivity contribution >= 4 is 32.4 Å². The molecule has 1 aromatic heterocycles. The van der Waals surface area contributed by atoms with Crippen LogP contribution < -0.4 is 5.01 Å². The molecular weight excluding hydrogens is 331 g/mol. The maximum absolute atomic E-state index is 13.4. The van der Waals surface area contributed by atoms with Gasteiger partial charge in [-0.1, -0.05) is 23.5 Å². The highest BCUT2D eigenvalue weighted by Gasteiger charge is 2.62. The average molecular weight is 345 g/mol. The summed E-state index contributed by atoms with van der Waals surface area (Å²) in [4.78, 5) is 4.16. The Morgan fingerprint density at radius 1 is 1.39 bits per heavy atom. The summed E-state index contributed by atoms with van der Waals surface area (Å²) in [6.45, 7) is 0.237. The summed E-state index contributed by atoms with van der Waals surface area (Å²) in [6.07, 6.45) is -5.25. The fourth-order valence-electron chi connectivity index (χ4n) is 2.35. The Morgan fingerprint density at radius 2 is 2.13 bits per heavy atom. The zero-order valence-electron chi connectivity index (χ0n) is 12.2. The van der Waals surface area contributed by atoms with Crippen molar-refractivity contribution in [3.8, 4) is 0 Å². The molecule has 0 bridgehead atoms. The second kappa shape index (κ2) is 5.73. The van der Waals surface area contributed by atoms with Crippen LogP contribution in [-0.4, -0.2) is 41.4 Å². The van der Waals surface area contributed by atoms with E-state index in [0.29, 0.717) is 10.5 Å². The molecule has 0 aliphatic carbocycles. The largest absolute Gasteiger partial charge is 0.438 e. The number of thiazole rings is 1. The fraction of sp³-hybridized carbons (Fsp3) is 0.429. The van der Waals surface area contributed by atoms with Gasteiger partial charge in [-0.15, -0.1) is 0 Å². The molecule has 0 saturated carbocycles. The van der Waals surface area contributed by atoms with Crippen molar-refractivity contribution in [3.63, 3.8) is 0 Å². The smallest absolute Gasteiger partial charge is 0.384 e. The Morgan fingerprint density at radius 3 is 2.78 bits per heavy atom. The SMILES string of the molecule is COCCC1=NN(c2nc3ccccc3s2)[C@@](O)(C(F)(F)F)C1.